The van der Waals surface area contributed by atoms with E-state index in [-0.39, 0.29) is 0 Å². The fourth-order valence-corrected chi connectivity index (χ4v) is 1.43. The molecule has 6 nitrogen and oxygen atoms in total. The van der Waals surface area contributed by atoms with Crippen molar-refractivity contribution >= 4 is 12.3 Å². The number of hydrogen-bond donors (Lipinski definition) is 0. The summed E-state index contributed by atoms with van der Waals surface area (Å²) in [4.78, 5) is 21.9. The van der Waals surface area contributed by atoms with Crippen molar-refractivity contribution < 1.29 is 28.5 Å². The lowest BCUT2D eigenvalue weighted by molar-refractivity contribution is -0.0383. The van der Waals surface area contributed by atoms with Crippen LogP contribution in [0.25, 0.3) is 0 Å². The minimum Gasteiger partial charge on any atom is -0.434 e. The molecule has 0 aliphatic carbocycles. The van der Waals surface area contributed by atoms with Crippen molar-refractivity contribution in [3.8, 4) is 0 Å². The van der Waals surface area contributed by atoms with E-state index < -0.39 is 19.1 Å². The van der Waals surface area contributed by atoms with Gasteiger partial charge in [0.1, 0.15) is 0 Å². The lowest BCUT2D eigenvalue weighted by Crippen LogP contribution is -2.15. The van der Waals surface area contributed by atoms with E-state index in [2.05, 4.69) is 9.47 Å². The predicted octanol–water partition coefficient (Wildman–Crippen LogP) is 2.60. The fraction of sp³-hybridized carbons (Fsp3) is 0.818. The summed E-state index contributed by atoms with van der Waals surface area (Å²) >= 11 is 0. The number of hydrogen-bond acceptors (Lipinski definition) is 6. The number of carbonyl (C=O) groups excluding carboxylic acids is 2. The Hall–Kier alpha value is -1.46. The van der Waals surface area contributed by atoms with Crippen LogP contribution in [0, 0.1) is 0 Å². The Balaban J connectivity index is 2.24. The minimum atomic E-state index is -0.826. The van der Waals surface area contributed by atoms with Gasteiger partial charge >= 0.3 is 12.3 Å². The molecule has 1 aliphatic rings. The first-order valence-electron chi connectivity index (χ1n) is 5.88. The van der Waals surface area contributed by atoms with E-state index in [0.717, 1.165) is 38.5 Å². The third kappa shape index (κ3) is 7.43. The molecule has 0 aromatic rings. The lowest BCUT2D eigenvalue weighted by atomic mass is 10.1. The van der Waals surface area contributed by atoms with E-state index in [1.807, 2.05) is 0 Å². The van der Waals surface area contributed by atoms with Gasteiger partial charge in [0.15, 0.2) is 0 Å². The number of carbonyl (C=O) groups is 2. The third-order valence-electron chi connectivity index (χ3n) is 2.33. The second-order valence-corrected chi connectivity index (χ2v) is 3.72. The van der Waals surface area contributed by atoms with Gasteiger partial charge in [0.2, 0.25) is 6.79 Å². The molecule has 0 amide bonds. The molecule has 1 fully saturated rings. The molecule has 0 N–H and O–H groups in total. The Morgan fingerprint density at radius 1 is 0.588 bits per heavy atom. The monoisotopic (exact) mass is 246 g/mol. The highest BCUT2D eigenvalue weighted by atomic mass is 16.8. The van der Waals surface area contributed by atoms with Gasteiger partial charge in [0, 0.05) is 0 Å². The van der Waals surface area contributed by atoms with Gasteiger partial charge in [-0.05, 0) is 12.8 Å². The van der Waals surface area contributed by atoms with Crippen LogP contribution < -0.4 is 0 Å². The van der Waals surface area contributed by atoms with Gasteiger partial charge < -0.3 is 18.9 Å². The molecule has 1 rings (SSSR count). The molecule has 0 saturated carbocycles. The molecule has 0 unspecified atom stereocenters. The first-order chi connectivity index (χ1) is 8.29. The maximum atomic E-state index is 11.0. The smallest absolute Gasteiger partial charge is 0.434 e. The Morgan fingerprint density at radius 2 is 1.00 bits per heavy atom. The normalized spacial score (nSPS) is 20.9. The zero-order valence-corrected chi connectivity index (χ0v) is 9.81. The fourth-order valence-electron chi connectivity index (χ4n) is 1.43. The van der Waals surface area contributed by atoms with E-state index in [9.17, 15) is 9.59 Å². The van der Waals surface area contributed by atoms with Crippen LogP contribution >= 0.6 is 0 Å². The number of rotatable bonds is 0. The van der Waals surface area contributed by atoms with Gasteiger partial charge in [0.25, 0.3) is 0 Å². The average Bonchev–Trinajstić information content (AvgIpc) is 2.31. The second-order valence-electron chi connectivity index (χ2n) is 3.72. The van der Waals surface area contributed by atoms with Crippen molar-refractivity contribution in [1.29, 1.82) is 0 Å². The van der Waals surface area contributed by atoms with Crippen LogP contribution in [0.1, 0.15) is 38.5 Å². The zero-order valence-electron chi connectivity index (χ0n) is 9.81. The standard InChI is InChI=1S/C11H18O6/c12-10-14-7-5-3-1-2-4-6-8-15-11(13)17-9-16-10/h1-9H2. The van der Waals surface area contributed by atoms with Crippen LogP contribution in [-0.2, 0) is 18.9 Å². The molecule has 0 spiro atoms. The van der Waals surface area contributed by atoms with Gasteiger partial charge in [-0.15, -0.1) is 0 Å². The van der Waals surface area contributed by atoms with Crippen molar-refractivity contribution in [3.05, 3.63) is 0 Å². The van der Waals surface area contributed by atoms with Crippen molar-refractivity contribution in [3.63, 3.8) is 0 Å². The summed E-state index contributed by atoms with van der Waals surface area (Å²) in [6.45, 7) is 0.199. The molecule has 0 aromatic carbocycles. The highest BCUT2D eigenvalue weighted by molar-refractivity contribution is 5.61. The topological polar surface area (TPSA) is 71.1 Å². The van der Waals surface area contributed by atoms with Crippen LogP contribution in [0.3, 0.4) is 0 Å². The van der Waals surface area contributed by atoms with E-state index in [1.54, 1.807) is 0 Å². The van der Waals surface area contributed by atoms with Crippen LogP contribution in [0.15, 0.2) is 0 Å². The predicted molar refractivity (Wildman–Crippen MR) is 57.4 cm³/mol. The van der Waals surface area contributed by atoms with E-state index in [1.165, 1.54) is 0 Å². The molecule has 0 bridgehead atoms. The number of ether oxygens (including phenoxy) is 4. The lowest BCUT2D eigenvalue weighted by Gasteiger charge is -2.06. The Bertz CT molecular complexity index is 216. The van der Waals surface area contributed by atoms with Crippen LogP contribution in [0.4, 0.5) is 9.59 Å². The first kappa shape index (κ1) is 13.6. The molecule has 0 atom stereocenters. The molecular formula is C11H18O6. The molecule has 1 aliphatic heterocycles. The number of cyclic esters (lactones) is 4. The Labute approximate surface area is 100 Å². The third-order valence-corrected chi connectivity index (χ3v) is 2.33. The largest absolute Gasteiger partial charge is 0.511 e. The molecule has 0 radical (unpaired) electrons. The van der Waals surface area contributed by atoms with Crippen molar-refractivity contribution in [2.45, 2.75) is 38.5 Å². The van der Waals surface area contributed by atoms with Gasteiger partial charge in [-0.25, -0.2) is 9.59 Å². The van der Waals surface area contributed by atoms with E-state index >= 15 is 0 Å². The quantitative estimate of drug-likeness (QED) is 0.612. The van der Waals surface area contributed by atoms with Gasteiger partial charge in [0.05, 0.1) is 13.2 Å². The van der Waals surface area contributed by atoms with Crippen LogP contribution in [0.2, 0.25) is 0 Å². The summed E-state index contributed by atoms with van der Waals surface area (Å²) in [5.74, 6) is 0. The molecule has 0 aromatic heterocycles. The highest BCUT2D eigenvalue weighted by Crippen LogP contribution is 2.06. The SMILES string of the molecule is O=C1OCCCCCCCCOC(=O)OCO1. The summed E-state index contributed by atoms with van der Waals surface area (Å²) < 4.78 is 18.5. The Morgan fingerprint density at radius 3 is 1.47 bits per heavy atom. The first-order valence-corrected chi connectivity index (χ1v) is 5.88. The minimum absolute atomic E-state index is 0.337. The molecule has 17 heavy (non-hydrogen) atoms. The summed E-state index contributed by atoms with van der Waals surface area (Å²) in [6, 6.07) is 0. The summed E-state index contributed by atoms with van der Waals surface area (Å²) in [7, 11) is 0. The molecular weight excluding hydrogens is 228 g/mol. The van der Waals surface area contributed by atoms with Crippen LogP contribution in [-0.4, -0.2) is 32.3 Å². The van der Waals surface area contributed by atoms with Crippen molar-refractivity contribution in [1.82, 2.24) is 0 Å². The summed E-state index contributed by atoms with van der Waals surface area (Å²) in [5, 5.41) is 0. The Kier molecular flexibility index (Phi) is 6.93. The summed E-state index contributed by atoms with van der Waals surface area (Å²) in [6.07, 6.45) is 4.20. The van der Waals surface area contributed by atoms with Crippen molar-refractivity contribution in [2.24, 2.45) is 0 Å². The van der Waals surface area contributed by atoms with E-state index in [0.29, 0.717) is 13.2 Å². The maximum Gasteiger partial charge on any atom is 0.511 e. The van der Waals surface area contributed by atoms with Gasteiger partial charge in [-0.1, -0.05) is 25.7 Å². The van der Waals surface area contributed by atoms with E-state index in [4.69, 9.17) is 9.47 Å². The van der Waals surface area contributed by atoms with Gasteiger partial charge in [-0.3, -0.25) is 0 Å². The maximum absolute atomic E-state index is 11.0. The van der Waals surface area contributed by atoms with Crippen molar-refractivity contribution in [2.75, 3.05) is 20.0 Å². The molecule has 98 valence electrons. The average molecular weight is 246 g/mol. The summed E-state index contributed by atoms with van der Waals surface area (Å²) in [5.41, 5.74) is 0. The highest BCUT2D eigenvalue weighted by Gasteiger charge is 2.08. The van der Waals surface area contributed by atoms with Crippen LogP contribution in [0.5, 0.6) is 0 Å². The van der Waals surface area contributed by atoms with Gasteiger partial charge in [-0.2, -0.15) is 0 Å². The second kappa shape index (κ2) is 8.66. The molecule has 1 saturated heterocycles. The molecule has 6 heteroatoms. The molecule has 1 heterocycles. The zero-order chi connectivity index (χ0) is 12.3.